The number of piperidine rings is 1. The summed E-state index contributed by atoms with van der Waals surface area (Å²) in [7, 11) is 0. The third kappa shape index (κ3) is 5.02. The van der Waals surface area contributed by atoms with E-state index in [4.69, 9.17) is 16.3 Å². The number of thiazole rings is 1. The first-order chi connectivity index (χ1) is 13.9. The average Bonchev–Trinajstić information content (AvgIpc) is 3.26. The Balaban J connectivity index is 1.34. The monoisotopic (exact) mass is 453 g/mol. The minimum Gasteiger partial charge on any atom is -0.373 e. The van der Waals surface area contributed by atoms with Gasteiger partial charge in [0.15, 0.2) is 0 Å². The van der Waals surface area contributed by atoms with Crippen LogP contribution in [0.4, 0.5) is 0 Å². The molecule has 29 heavy (non-hydrogen) atoms. The molecular formula is C21H28ClN3O2S2. The number of hydrogen-bond donors (Lipinski definition) is 0. The van der Waals surface area contributed by atoms with Gasteiger partial charge in [-0.25, -0.2) is 4.98 Å². The van der Waals surface area contributed by atoms with E-state index in [1.807, 2.05) is 24.0 Å². The predicted molar refractivity (Wildman–Crippen MR) is 120 cm³/mol. The van der Waals surface area contributed by atoms with Gasteiger partial charge in [0.1, 0.15) is 9.88 Å². The second-order valence-electron chi connectivity index (χ2n) is 8.25. The molecule has 2 aromatic heterocycles. The van der Waals surface area contributed by atoms with Gasteiger partial charge in [0.25, 0.3) is 5.91 Å². The van der Waals surface area contributed by atoms with E-state index < -0.39 is 0 Å². The number of aromatic nitrogens is 1. The molecule has 0 spiro atoms. The summed E-state index contributed by atoms with van der Waals surface area (Å²) in [6.07, 6.45) is 2.75. The molecule has 4 heterocycles. The Morgan fingerprint density at radius 3 is 2.52 bits per heavy atom. The van der Waals surface area contributed by atoms with E-state index in [2.05, 4.69) is 23.7 Å². The van der Waals surface area contributed by atoms with Gasteiger partial charge in [-0.05, 0) is 51.7 Å². The zero-order valence-corrected chi connectivity index (χ0v) is 19.6. The Morgan fingerprint density at radius 1 is 1.21 bits per heavy atom. The molecule has 0 saturated carbocycles. The van der Waals surface area contributed by atoms with Crippen molar-refractivity contribution in [3.8, 4) is 9.88 Å². The molecule has 158 valence electrons. The number of ether oxygens (including phenoxy) is 1. The summed E-state index contributed by atoms with van der Waals surface area (Å²) in [6, 6.07) is 3.85. The standard InChI is InChI=1S/C21H28ClN3O2S2/c1-13-10-24(11-14(2)27-13)12-16-6-8-25(9-7-16)21(26)19-15(3)23-20(29-19)17-4-5-18(22)28-17/h4-5,13-14,16H,6-12H2,1-3H3. The lowest BCUT2D eigenvalue weighted by atomic mass is 9.95. The quantitative estimate of drug-likeness (QED) is 0.667. The molecule has 2 aliphatic heterocycles. The van der Waals surface area contributed by atoms with Gasteiger partial charge in [0, 0.05) is 32.7 Å². The summed E-state index contributed by atoms with van der Waals surface area (Å²) in [5, 5.41) is 0.883. The lowest BCUT2D eigenvalue weighted by molar-refractivity contribution is -0.0728. The number of rotatable bonds is 4. The topological polar surface area (TPSA) is 45.7 Å². The maximum atomic E-state index is 13.1. The number of halogens is 1. The van der Waals surface area contributed by atoms with Gasteiger partial charge in [-0.2, -0.15) is 0 Å². The summed E-state index contributed by atoms with van der Waals surface area (Å²) < 4.78 is 6.59. The van der Waals surface area contributed by atoms with E-state index in [1.165, 1.54) is 22.7 Å². The maximum absolute atomic E-state index is 13.1. The largest absolute Gasteiger partial charge is 0.373 e. The highest BCUT2D eigenvalue weighted by molar-refractivity contribution is 7.24. The Hall–Kier alpha value is -0.990. The molecule has 8 heteroatoms. The van der Waals surface area contributed by atoms with Crippen LogP contribution in [0.2, 0.25) is 4.34 Å². The van der Waals surface area contributed by atoms with E-state index in [-0.39, 0.29) is 5.91 Å². The zero-order valence-electron chi connectivity index (χ0n) is 17.2. The first-order valence-corrected chi connectivity index (χ1v) is 12.3. The summed E-state index contributed by atoms with van der Waals surface area (Å²) in [5.41, 5.74) is 0.818. The Bertz CT molecular complexity index is 850. The highest BCUT2D eigenvalue weighted by atomic mass is 35.5. The van der Waals surface area contributed by atoms with Crippen LogP contribution in [-0.2, 0) is 4.74 Å². The van der Waals surface area contributed by atoms with Crippen LogP contribution in [0.1, 0.15) is 42.1 Å². The lowest BCUT2D eigenvalue weighted by Gasteiger charge is -2.39. The van der Waals surface area contributed by atoms with Crippen LogP contribution in [-0.4, -0.2) is 65.6 Å². The van der Waals surface area contributed by atoms with Gasteiger partial charge in [-0.15, -0.1) is 22.7 Å². The fraction of sp³-hybridized carbons (Fsp3) is 0.619. The van der Waals surface area contributed by atoms with Crippen molar-refractivity contribution >= 4 is 40.2 Å². The maximum Gasteiger partial charge on any atom is 0.265 e. The smallest absolute Gasteiger partial charge is 0.265 e. The van der Waals surface area contributed by atoms with Crippen LogP contribution < -0.4 is 0 Å². The first-order valence-electron chi connectivity index (χ1n) is 10.3. The van der Waals surface area contributed by atoms with E-state index in [9.17, 15) is 4.79 Å². The number of aryl methyl sites for hydroxylation is 1. The minimum absolute atomic E-state index is 0.126. The van der Waals surface area contributed by atoms with Crippen LogP contribution in [0.25, 0.3) is 9.88 Å². The summed E-state index contributed by atoms with van der Waals surface area (Å²) in [5.74, 6) is 0.781. The van der Waals surface area contributed by atoms with E-state index in [1.54, 1.807) is 0 Å². The molecular weight excluding hydrogens is 426 g/mol. The zero-order chi connectivity index (χ0) is 20.5. The number of thiophene rings is 1. The average molecular weight is 454 g/mol. The molecule has 0 aliphatic carbocycles. The van der Waals surface area contributed by atoms with E-state index >= 15 is 0 Å². The number of hydrogen-bond acceptors (Lipinski definition) is 6. The minimum atomic E-state index is 0.126. The van der Waals surface area contributed by atoms with Gasteiger partial charge in [-0.3, -0.25) is 9.69 Å². The Morgan fingerprint density at radius 2 is 1.90 bits per heavy atom. The van der Waals surface area contributed by atoms with Gasteiger partial charge in [0.2, 0.25) is 0 Å². The normalized spacial score (nSPS) is 24.2. The molecule has 2 aromatic rings. The SMILES string of the molecule is Cc1nc(-c2ccc(Cl)s2)sc1C(=O)N1CCC(CN2CC(C)OC(C)C2)CC1. The van der Waals surface area contributed by atoms with Crippen molar-refractivity contribution in [3.05, 3.63) is 27.0 Å². The highest BCUT2D eigenvalue weighted by Gasteiger charge is 2.29. The van der Waals surface area contributed by atoms with Crippen molar-refractivity contribution in [2.45, 2.75) is 45.8 Å². The number of morpholine rings is 1. The van der Waals surface area contributed by atoms with E-state index in [0.29, 0.717) is 18.1 Å². The molecule has 0 radical (unpaired) electrons. The molecule has 1 amide bonds. The summed E-state index contributed by atoms with van der Waals surface area (Å²) >= 11 is 9.04. The molecule has 5 nitrogen and oxygen atoms in total. The van der Waals surface area contributed by atoms with Crippen molar-refractivity contribution in [2.75, 3.05) is 32.7 Å². The van der Waals surface area contributed by atoms with Crippen molar-refractivity contribution in [1.82, 2.24) is 14.8 Å². The van der Waals surface area contributed by atoms with E-state index in [0.717, 1.165) is 70.4 Å². The van der Waals surface area contributed by atoms with Crippen molar-refractivity contribution < 1.29 is 9.53 Å². The predicted octanol–water partition coefficient (Wildman–Crippen LogP) is 4.79. The third-order valence-electron chi connectivity index (χ3n) is 5.69. The van der Waals surface area contributed by atoms with Crippen LogP contribution in [0.15, 0.2) is 12.1 Å². The molecule has 2 atom stereocenters. The molecule has 2 saturated heterocycles. The molecule has 0 bridgehead atoms. The van der Waals surface area contributed by atoms with Crippen LogP contribution in [0.5, 0.6) is 0 Å². The third-order valence-corrected chi connectivity index (χ3v) is 8.23. The molecule has 4 rings (SSSR count). The Labute approximate surface area is 185 Å². The van der Waals surface area contributed by atoms with Crippen LogP contribution in [0, 0.1) is 12.8 Å². The number of carbonyl (C=O) groups excluding carboxylic acids is 1. The number of nitrogens with zero attached hydrogens (tertiary/aromatic N) is 3. The van der Waals surface area contributed by atoms with Gasteiger partial charge < -0.3 is 9.64 Å². The Kier molecular flexibility index (Phi) is 6.61. The first kappa shape index (κ1) is 21.2. The van der Waals surface area contributed by atoms with Gasteiger partial charge in [-0.1, -0.05) is 11.6 Å². The fourth-order valence-electron chi connectivity index (χ4n) is 4.39. The molecule has 2 unspecified atom stereocenters. The second kappa shape index (κ2) is 9.02. The van der Waals surface area contributed by atoms with Gasteiger partial charge >= 0.3 is 0 Å². The number of carbonyl (C=O) groups is 1. The molecule has 0 aromatic carbocycles. The molecule has 0 N–H and O–H groups in total. The molecule has 2 aliphatic rings. The number of amides is 1. The van der Waals surface area contributed by atoms with Crippen molar-refractivity contribution in [1.29, 1.82) is 0 Å². The second-order valence-corrected chi connectivity index (χ2v) is 11.0. The summed E-state index contributed by atoms with van der Waals surface area (Å²) in [4.78, 5) is 24.0. The van der Waals surface area contributed by atoms with Crippen LogP contribution >= 0.6 is 34.3 Å². The molecule has 2 fully saturated rings. The van der Waals surface area contributed by atoms with Gasteiger partial charge in [0.05, 0.1) is 27.1 Å². The van der Waals surface area contributed by atoms with Crippen LogP contribution in [0.3, 0.4) is 0 Å². The lowest BCUT2D eigenvalue weighted by Crippen LogP contribution is -2.48. The van der Waals surface area contributed by atoms with Crippen molar-refractivity contribution in [2.24, 2.45) is 5.92 Å². The fourth-order valence-corrected chi connectivity index (χ4v) is 6.52. The summed E-state index contributed by atoms with van der Waals surface area (Å²) in [6.45, 7) is 11.0. The number of likely N-dealkylation sites (tertiary alicyclic amines) is 1. The highest BCUT2D eigenvalue weighted by Crippen LogP contribution is 2.35. The van der Waals surface area contributed by atoms with Crippen molar-refractivity contribution in [3.63, 3.8) is 0 Å².